The van der Waals surface area contributed by atoms with Crippen LogP contribution in [0.2, 0.25) is 0 Å². The van der Waals surface area contributed by atoms with Crippen molar-refractivity contribution in [1.82, 2.24) is 5.32 Å². The largest absolute Gasteiger partial charge is 0.481 e. The van der Waals surface area contributed by atoms with Gasteiger partial charge in [-0.05, 0) is 44.7 Å². The lowest BCUT2D eigenvalue weighted by Gasteiger charge is -2.05. The summed E-state index contributed by atoms with van der Waals surface area (Å²) >= 11 is 5.84. The minimum Gasteiger partial charge on any atom is -0.481 e. The van der Waals surface area contributed by atoms with Gasteiger partial charge in [0.25, 0.3) is 11.8 Å². The number of aliphatic carboxylic acids is 1. The molecule has 2 amide bonds. The van der Waals surface area contributed by atoms with Crippen molar-refractivity contribution in [3.8, 4) is 0 Å². The van der Waals surface area contributed by atoms with E-state index >= 15 is 0 Å². The fourth-order valence-corrected chi connectivity index (χ4v) is 1.58. The Balaban J connectivity index is 3.88. The Bertz CT molecular complexity index is 369. The summed E-state index contributed by atoms with van der Waals surface area (Å²) in [5.74, 6) is -2.01. The van der Waals surface area contributed by atoms with Crippen molar-refractivity contribution in [1.29, 1.82) is 0 Å². The highest BCUT2D eigenvalue weighted by Crippen LogP contribution is 2.17. The van der Waals surface area contributed by atoms with Crippen molar-refractivity contribution >= 4 is 49.6 Å². The van der Waals surface area contributed by atoms with Gasteiger partial charge in [0, 0.05) is 13.0 Å². The molecule has 0 unspecified atom stereocenters. The molecule has 0 aromatic rings. The number of carbonyl (C=O) groups is 3. The molecule has 0 heterocycles. The van der Waals surface area contributed by atoms with E-state index in [4.69, 9.17) is 10.8 Å². The molecule has 0 atom stereocenters. The molecule has 4 N–H and O–H groups in total. The monoisotopic (exact) mass is 384 g/mol. The number of carboxylic acids is 1. The first-order chi connectivity index (χ1) is 8.36. The van der Waals surface area contributed by atoms with E-state index in [9.17, 15) is 14.4 Å². The quantitative estimate of drug-likeness (QED) is 0.431. The molecule has 0 saturated carbocycles. The average molecular weight is 386 g/mol. The lowest BCUT2D eigenvalue weighted by molar-refractivity contribution is -0.137. The molecule has 6 nitrogen and oxygen atoms in total. The van der Waals surface area contributed by atoms with Crippen LogP contribution >= 0.6 is 31.9 Å². The molecule has 8 heteroatoms. The Morgan fingerprint density at radius 1 is 1.06 bits per heavy atom. The number of nitrogens with one attached hydrogen (secondary N) is 1. The van der Waals surface area contributed by atoms with Gasteiger partial charge < -0.3 is 16.2 Å². The highest BCUT2D eigenvalue weighted by molar-refractivity contribution is 9.14. The molecule has 0 aliphatic rings. The fourth-order valence-electron chi connectivity index (χ4n) is 1.07. The van der Waals surface area contributed by atoms with Gasteiger partial charge >= 0.3 is 5.97 Å². The molecule has 0 spiro atoms. The lowest BCUT2D eigenvalue weighted by atomic mass is 10.2. The van der Waals surface area contributed by atoms with Gasteiger partial charge in [0.1, 0.15) is 8.96 Å². The number of hydrogen-bond donors (Lipinski definition) is 3. The van der Waals surface area contributed by atoms with E-state index < -0.39 is 17.8 Å². The van der Waals surface area contributed by atoms with Gasteiger partial charge in [0.05, 0.1) is 0 Å². The van der Waals surface area contributed by atoms with E-state index in [-0.39, 0.29) is 15.4 Å². The number of primary amides is 1. The van der Waals surface area contributed by atoms with Crippen molar-refractivity contribution in [2.75, 3.05) is 6.54 Å². The minimum atomic E-state index is -0.824. The van der Waals surface area contributed by atoms with Gasteiger partial charge in [0.2, 0.25) is 0 Å². The van der Waals surface area contributed by atoms with E-state index in [0.717, 1.165) is 0 Å². The highest BCUT2D eigenvalue weighted by Gasteiger charge is 2.13. The third kappa shape index (κ3) is 7.44. The van der Waals surface area contributed by atoms with Crippen molar-refractivity contribution in [3.63, 3.8) is 0 Å². The van der Waals surface area contributed by atoms with Crippen LogP contribution in [-0.4, -0.2) is 29.4 Å². The third-order valence-electron chi connectivity index (χ3n) is 1.96. The van der Waals surface area contributed by atoms with Crippen molar-refractivity contribution < 1.29 is 19.5 Å². The van der Waals surface area contributed by atoms with E-state index in [1.165, 1.54) is 0 Å². The van der Waals surface area contributed by atoms with Crippen molar-refractivity contribution in [3.05, 3.63) is 8.96 Å². The maximum absolute atomic E-state index is 11.5. The maximum atomic E-state index is 11.5. The van der Waals surface area contributed by atoms with Crippen LogP contribution in [0.25, 0.3) is 0 Å². The Morgan fingerprint density at radius 3 is 2.17 bits per heavy atom. The highest BCUT2D eigenvalue weighted by atomic mass is 79.9. The van der Waals surface area contributed by atoms with Gasteiger partial charge in [-0.25, -0.2) is 0 Å². The molecule has 0 aliphatic heterocycles. The van der Waals surface area contributed by atoms with Crippen LogP contribution in [0.3, 0.4) is 0 Å². The SMILES string of the molecule is NC(=O)/C(Br)=C(/Br)C(=O)NCCCCCC(=O)O. The summed E-state index contributed by atoms with van der Waals surface area (Å²) in [6.45, 7) is 0.409. The maximum Gasteiger partial charge on any atom is 0.303 e. The van der Waals surface area contributed by atoms with Crippen molar-refractivity contribution in [2.45, 2.75) is 25.7 Å². The minimum absolute atomic E-state index is 0.0223. The summed E-state index contributed by atoms with van der Waals surface area (Å²) in [6.07, 6.45) is 2.09. The van der Waals surface area contributed by atoms with E-state index in [0.29, 0.717) is 25.8 Å². The van der Waals surface area contributed by atoms with Crippen LogP contribution < -0.4 is 11.1 Å². The predicted octanol–water partition coefficient (Wildman–Crippen LogP) is 1.23. The molecule has 0 aromatic carbocycles. The van der Waals surface area contributed by atoms with Gasteiger partial charge in [-0.3, -0.25) is 14.4 Å². The first-order valence-corrected chi connectivity index (χ1v) is 6.80. The van der Waals surface area contributed by atoms with Gasteiger partial charge in [-0.15, -0.1) is 0 Å². The lowest BCUT2D eigenvalue weighted by Crippen LogP contribution is -2.26. The fraction of sp³-hybridized carbons (Fsp3) is 0.500. The van der Waals surface area contributed by atoms with Crippen LogP contribution in [-0.2, 0) is 14.4 Å². The molecule has 102 valence electrons. The summed E-state index contributed by atoms with van der Waals surface area (Å²) in [7, 11) is 0. The number of amides is 2. The molecule has 0 fully saturated rings. The summed E-state index contributed by atoms with van der Waals surface area (Å²) in [5, 5.41) is 11.0. The molecule has 0 bridgehead atoms. The van der Waals surface area contributed by atoms with Crippen LogP contribution in [0.5, 0.6) is 0 Å². The molecule has 0 saturated heterocycles. The number of carbonyl (C=O) groups excluding carboxylic acids is 2. The number of halogens is 2. The van der Waals surface area contributed by atoms with Gasteiger partial charge in [-0.1, -0.05) is 6.42 Å². The van der Waals surface area contributed by atoms with E-state index in [1.54, 1.807) is 0 Å². The zero-order chi connectivity index (χ0) is 14.1. The van der Waals surface area contributed by atoms with Gasteiger partial charge in [-0.2, -0.15) is 0 Å². The normalized spacial score (nSPS) is 11.7. The summed E-state index contributed by atoms with van der Waals surface area (Å²) in [4.78, 5) is 32.5. The number of unbranched alkanes of at least 4 members (excludes halogenated alkanes) is 2. The zero-order valence-corrected chi connectivity index (χ0v) is 12.7. The molecule has 18 heavy (non-hydrogen) atoms. The number of carboxylic acid groups (broad SMARTS) is 1. The number of hydrogen-bond acceptors (Lipinski definition) is 3. The van der Waals surface area contributed by atoms with Gasteiger partial charge in [0.15, 0.2) is 0 Å². The van der Waals surface area contributed by atoms with E-state index in [1.807, 2.05) is 0 Å². The molecular weight excluding hydrogens is 372 g/mol. The Kier molecular flexibility index (Phi) is 8.65. The zero-order valence-electron chi connectivity index (χ0n) is 9.54. The predicted molar refractivity (Wildman–Crippen MR) is 73.2 cm³/mol. The standard InChI is InChI=1S/C10H14Br2N2O4/c11-7(9(13)17)8(12)10(18)14-5-3-1-2-4-6(15)16/h1-5H2,(H2,13,17)(H,14,18)(H,15,16)/b8-7-. The summed E-state index contributed by atoms with van der Waals surface area (Å²) < 4.78 is 0.0198. The van der Waals surface area contributed by atoms with Crippen LogP contribution in [0.4, 0.5) is 0 Å². The molecule has 0 radical (unpaired) electrons. The van der Waals surface area contributed by atoms with Crippen LogP contribution in [0.1, 0.15) is 25.7 Å². The second kappa shape index (κ2) is 9.09. The molecule has 0 aromatic heterocycles. The topological polar surface area (TPSA) is 109 Å². The Hall–Kier alpha value is -0.890. The van der Waals surface area contributed by atoms with Crippen LogP contribution in [0.15, 0.2) is 8.96 Å². The molecule has 0 rings (SSSR count). The summed E-state index contributed by atoms with van der Waals surface area (Å²) in [5.41, 5.74) is 4.99. The second-order valence-corrected chi connectivity index (χ2v) is 5.04. The Labute approximate surface area is 121 Å². The van der Waals surface area contributed by atoms with Crippen LogP contribution in [0, 0.1) is 0 Å². The molecular formula is C10H14Br2N2O4. The van der Waals surface area contributed by atoms with E-state index in [2.05, 4.69) is 37.2 Å². The average Bonchev–Trinajstić information content (AvgIpc) is 2.30. The summed E-state index contributed by atoms with van der Waals surface area (Å²) in [6, 6.07) is 0. The Morgan fingerprint density at radius 2 is 1.67 bits per heavy atom. The first-order valence-electron chi connectivity index (χ1n) is 5.21. The number of rotatable bonds is 8. The van der Waals surface area contributed by atoms with Crippen molar-refractivity contribution in [2.24, 2.45) is 5.73 Å². The third-order valence-corrected chi connectivity index (χ3v) is 4.04. The second-order valence-electron chi connectivity index (χ2n) is 3.45. The smallest absolute Gasteiger partial charge is 0.303 e. The number of nitrogens with two attached hydrogens (primary N) is 1. The first kappa shape index (κ1) is 17.1. The molecule has 0 aliphatic carbocycles.